The number of hydrogen-bond acceptors (Lipinski definition) is 4. The van der Waals surface area contributed by atoms with E-state index in [-0.39, 0.29) is 17.9 Å². The van der Waals surface area contributed by atoms with Crippen LogP contribution in [0.2, 0.25) is 0 Å². The summed E-state index contributed by atoms with van der Waals surface area (Å²) in [7, 11) is 0. The van der Waals surface area contributed by atoms with Crippen molar-refractivity contribution in [1.29, 1.82) is 0 Å². The first-order valence-corrected chi connectivity index (χ1v) is 9.30. The molecule has 0 spiro atoms. The Morgan fingerprint density at radius 2 is 1.71 bits per heavy atom. The molecule has 4 rings (SSSR count). The molecule has 1 aliphatic rings. The third kappa shape index (κ3) is 3.93. The number of piperidine rings is 1. The second-order valence-corrected chi connectivity index (χ2v) is 6.77. The van der Waals surface area contributed by atoms with Gasteiger partial charge in [0.1, 0.15) is 5.69 Å². The third-order valence-corrected chi connectivity index (χ3v) is 4.93. The zero-order valence-corrected chi connectivity index (χ0v) is 15.4. The minimum atomic E-state index is -0.113. The van der Waals surface area contributed by atoms with Crippen molar-refractivity contribution in [3.8, 4) is 5.69 Å². The van der Waals surface area contributed by atoms with Crippen LogP contribution in [0.4, 0.5) is 0 Å². The van der Waals surface area contributed by atoms with Gasteiger partial charge in [0.15, 0.2) is 0 Å². The Morgan fingerprint density at radius 3 is 2.36 bits per heavy atom. The van der Waals surface area contributed by atoms with Crippen LogP contribution in [-0.4, -0.2) is 50.4 Å². The normalized spacial score (nSPS) is 14.6. The van der Waals surface area contributed by atoms with Crippen molar-refractivity contribution in [1.82, 2.24) is 24.8 Å². The van der Waals surface area contributed by atoms with Crippen molar-refractivity contribution in [3.63, 3.8) is 0 Å². The van der Waals surface area contributed by atoms with Gasteiger partial charge in [0.25, 0.3) is 11.8 Å². The van der Waals surface area contributed by atoms with Gasteiger partial charge in [-0.1, -0.05) is 0 Å². The van der Waals surface area contributed by atoms with Crippen LogP contribution in [0.3, 0.4) is 0 Å². The van der Waals surface area contributed by atoms with Crippen LogP contribution in [0.5, 0.6) is 0 Å². The van der Waals surface area contributed by atoms with E-state index in [1.54, 1.807) is 11.1 Å². The molecule has 0 atom stereocenters. The SMILES string of the molecule is O=C(NC1CCN(C(=O)c2cnccn2)CC1)c1ccc(-n2cccc2)cc1. The zero-order valence-electron chi connectivity index (χ0n) is 15.4. The van der Waals surface area contributed by atoms with Crippen molar-refractivity contribution in [2.45, 2.75) is 18.9 Å². The minimum absolute atomic E-state index is 0.0579. The van der Waals surface area contributed by atoms with Gasteiger partial charge in [-0.05, 0) is 49.2 Å². The predicted molar refractivity (Wildman–Crippen MR) is 104 cm³/mol. The van der Waals surface area contributed by atoms with Gasteiger partial charge in [0.05, 0.1) is 6.20 Å². The molecule has 0 saturated carbocycles. The number of nitrogens with zero attached hydrogens (tertiary/aromatic N) is 4. The first-order chi connectivity index (χ1) is 13.7. The Bertz CT molecular complexity index is 931. The average molecular weight is 375 g/mol. The molecule has 2 aromatic heterocycles. The van der Waals surface area contributed by atoms with E-state index in [2.05, 4.69) is 15.3 Å². The van der Waals surface area contributed by atoms with Crippen LogP contribution in [-0.2, 0) is 0 Å². The Kier molecular flexibility index (Phi) is 5.14. The third-order valence-electron chi connectivity index (χ3n) is 4.93. The average Bonchev–Trinajstić information content (AvgIpc) is 3.29. The number of carbonyl (C=O) groups is 2. The molecule has 1 aromatic carbocycles. The van der Waals surface area contributed by atoms with Gasteiger partial charge >= 0.3 is 0 Å². The van der Waals surface area contributed by atoms with Gasteiger partial charge in [-0.25, -0.2) is 4.98 Å². The number of likely N-dealkylation sites (tertiary alicyclic amines) is 1. The van der Waals surface area contributed by atoms with Gasteiger partial charge in [-0.3, -0.25) is 14.6 Å². The summed E-state index contributed by atoms with van der Waals surface area (Å²) < 4.78 is 1.99. The number of nitrogens with one attached hydrogen (secondary N) is 1. The van der Waals surface area contributed by atoms with Gasteiger partial charge in [-0.2, -0.15) is 0 Å². The van der Waals surface area contributed by atoms with E-state index in [0.29, 0.717) is 24.3 Å². The molecule has 0 radical (unpaired) electrons. The summed E-state index contributed by atoms with van der Waals surface area (Å²) >= 11 is 0. The predicted octanol–water partition coefficient (Wildman–Crippen LogP) is 2.30. The molecular weight excluding hydrogens is 354 g/mol. The fourth-order valence-electron chi connectivity index (χ4n) is 3.36. The zero-order chi connectivity index (χ0) is 19.3. The maximum absolute atomic E-state index is 12.5. The van der Waals surface area contributed by atoms with Crippen LogP contribution < -0.4 is 5.32 Å². The summed E-state index contributed by atoms with van der Waals surface area (Å²) in [5.74, 6) is -0.198. The Balaban J connectivity index is 1.31. The molecule has 7 heteroatoms. The van der Waals surface area contributed by atoms with Crippen molar-refractivity contribution in [2.24, 2.45) is 0 Å². The van der Waals surface area contributed by atoms with Crippen LogP contribution in [0.1, 0.15) is 33.7 Å². The smallest absolute Gasteiger partial charge is 0.274 e. The highest BCUT2D eigenvalue weighted by atomic mass is 16.2. The second-order valence-electron chi connectivity index (χ2n) is 6.77. The highest BCUT2D eigenvalue weighted by Gasteiger charge is 2.25. The molecule has 0 bridgehead atoms. The highest BCUT2D eigenvalue weighted by Crippen LogP contribution is 2.15. The largest absolute Gasteiger partial charge is 0.349 e. The summed E-state index contributed by atoms with van der Waals surface area (Å²) in [6.07, 6.45) is 9.91. The topological polar surface area (TPSA) is 80.1 Å². The van der Waals surface area contributed by atoms with Crippen LogP contribution >= 0.6 is 0 Å². The van der Waals surface area contributed by atoms with E-state index in [0.717, 1.165) is 18.5 Å². The fraction of sp³-hybridized carbons (Fsp3) is 0.238. The molecule has 28 heavy (non-hydrogen) atoms. The number of hydrogen-bond donors (Lipinski definition) is 1. The molecule has 3 aromatic rings. The number of benzene rings is 1. The van der Waals surface area contributed by atoms with Crippen molar-refractivity contribution in [2.75, 3.05) is 13.1 Å². The van der Waals surface area contributed by atoms with Crippen LogP contribution in [0.25, 0.3) is 5.69 Å². The van der Waals surface area contributed by atoms with Gasteiger partial charge in [0, 0.05) is 55.2 Å². The van der Waals surface area contributed by atoms with Crippen molar-refractivity contribution in [3.05, 3.63) is 78.6 Å². The molecular formula is C21H21N5O2. The molecule has 1 saturated heterocycles. The first kappa shape index (κ1) is 17.9. The standard InChI is InChI=1S/C21H21N5O2/c27-20(16-3-5-18(6-4-16)25-11-1-2-12-25)24-17-7-13-26(14-8-17)21(28)19-15-22-9-10-23-19/h1-6,9-12,15,17H,7-8,13-14H2,(H,24,27). The van der Waals surface area contributed by atoms with E-state index in [1.807, 2.05) is 53.4 Å². The number of rotatable bonds is 4. The molecule has 2 amide bonds. The fourth-order valence-corrected chi connectivity index (χ4v) is 3.36. The Morgan fingerprint density at radius 1 is 1.00 bits per heavy atom. The summed E-state index contributed by atoms with van der Waals surface area (Å²) in [6, 6.07) is 11.5. The maximum atomic E-state index is 12.5. The van der Waals surface area contributed by atoms with E-state index < -0.39 is 0 Å². The summed E-state index contributed by atoms with van der Waals surface area (Å²) in [6.45, 7) is 1.18. The van der Waals surface area contributed by atoms with Gasteiger partial charge in [0.2, 0.25) is 0 Å². The lowest BCUT2D eigenvalue weighted by atomic mass is 10.0. The molecule has 7 nitrogen and oxygen atoms in total. The number of carbonyl (C=O) groups excluding carboxylic acids is 2. The molecule has 1 N–H and O–H groups in total. The summed E-state index contributed by atoms with van der Waals surface area (Å²) in [4.78, 5) is 34.7. The molecule has 3 heterocycles. The van der Waals surface area contributed by atoms with Crippen LogP contribution in [0, 0.1) is 0 Å². The maximum Gasteiger partial charge on any atom is 0.274 e. The van der Waals surface area contributed by atoms with E-state index in [1.165, 1.54) is 12.4 Å². The summed E-state index contributed by atoms with van der Waals surface area (Å²) in [5.41, 5.74) is 2.00. The quantitative estimate of drug-likeness (QED) is 0.759. The monoisotopic (exact) mass is 375 g/mol. The Labute approximate surface area is 163 Å². The molecule has 0 unspecified atom stereocenters. The van der Waals surface area contributed by atoms with Gasteiger partial charge < -0.3 is 14.8 Å². The first-order valence-electron chi connectivity index (χ1n) is 9.30. The lowest BCUT2D eigenvalue weighted by molar-refractivity contribution is 0.0692. The molecule has 1 aliphatic heterocycles. The van der Waals surface area contributed by atoms with Crippen molar-refractivity contribution >= 4 is 11.8 Å². The number of amides is 2. The van der Waals surface area contributed by atoms with Crippen molar-refractivity contribution < 1.29 is 9.59 Å². The summed E-state index contributed by atoms with van der Waals surface area (Å²) in [5, 5.41) is 3.08. The van der Waals surface area contributed by atoms with E-state index in [4.69, 9.17) is 0 Å². The number of aromatic nitrogens is 3. The van der Waals surface area contributed by atoms with Gasteiger partial charge in [-0.15, -0.1) is 0 Å². The molecule has 1 fully saturated rings. The Hall–Kier alpha value is -3.48. The van der Waals surface area contributed by atoms with E-state index >= 15 is 0 Å². The lowest BCUT2D eigenvalue weighted by Crippen LogP contribution is -2.46. The second kappa shape index (κ2) is 8.04. The lowest BCUT2D eigenvalue weighted by Gasteiger charge is -2.32. The highest BCUT2D eigenvalue weighted by molar-refractivity contribution is 5.94. The molecule has 0 aliphatic carbocycles. The minimum Gasteiger partial charge on any atom is -0.349 e. The van der Waals surface area contributed by atoms with E-state index in [9.17, 15) is 9.59 Å². The molecule has 142 valence electrons. The van der Waals surface area contributed by atoms with Crippen LogP contribution in [0.15, 0.2) is 67.4 Å².